The van der Waals surface area contributed by atoms with Crippen molar-refractivity contribution in [1.29, 1.82) is 0 Å². The molecule has 1 heterocycles. The summed E-state index contributed by atoms with van der Waals surface area (Å²) in [6.07, 6.45) is 4.66. The van der Waals surface area contributed by atoms with Crippen molar-refractivity contribution in [3.63, 3.8) is 0 Å². The van der Waals surface area contributed by atoms with Crippen molar-refractivity contribution in [2.75, 3.05) is 24.3 Å². The van der Waals surface area contributed by atoms with Crippen molar-refractivity contribution in [3.8, 4) is 0 Å². The van der Waals surface area contributed by atoms with Crippen LogP contribution in [0.3, 0.4) is 0 Å². The number of hydrogen-bond acceptors (Lipinski definition) is 5. The fourth-order valence-corrected chi connectivity index (χ4v) is 3.19. The minimum atomic E-state index is -1.58. The first kappa shape index (κ1) is 22.7. The number of amides is 1. The topological polar surface area (TPSA) is 70.2 Å². The number of hydrogen-bond donors (Lipinski definition) is 2. The molecule has 1 aromatic heterocycles. The molecule has 2 aromatic rings. The van der Waals surface area contributed by atoms with Gasteiger partial charge in [0.25, 0.3) is 5.91 Å². The first-order valence-corrected chi connectivity index (χ1v) is 9.06. The highest BCUT2D eigenvalue weighted by Crippen LogP contribution is 2.22. The molecule has 6 nitrogen and oxygen atoms in total. The molecule has 0 saturated heterocycles. The van der Waals surface area contributed by atoms with Gasteiger partial charge in [-0.05, 0) is 43.9 Å². The second-order valence-electron chi connectivity index (χ2n) is 7.05. The van der Waals surface area contributed by atoms with Gasteiger partial charge in [-0.1, -0.05) is 0 Å². The van der Waals surface area contributed by atoms with E-state index in [1.165, 1.54) is 0 Å². The van der Waals surface area contributed by atoms with Gasteiger partial charge in [0.2, 0.25) is 5.95 Å². The molecule has 0 aliphatic heterocycles. The highest BCUT2D eigenvalue weighted by atomic mass is 35.5. The van der Waals surface area contributed by atoms with E-state index in [-0.39, 0.29) is 30.1 Å². The summed E-state index contributed by atoms with van der Waals surface area (Å²) in [5.74, 6) is -3.59. The van der Waals surface area contributed by atoms with Crippen molar-refractivity contribution in [3.05, 3.63) is 47.4 Å². The number of aromatic nitrogens is 2. The number of nitrogens with one attached hydrogen (secondary N) is 2. The van der Waals surface area contributed by atoms with Gasteiger partial charge in [0.05, 0.1) is 0 Å². The standard InChI is InChI=1S/C19H22F3N5O.ClH/c1-27(2)16-7-8-23-19(26-16)25-13-5-3-12(4-6-13)24-18(28)11-9-14(20)17(22)15(21)10-11;/h7-10,12-13H,3-6H2,1-2H3,(H,24,28)(H,23,25,26);1H. The van der Waals surface area contributed by atoms with Crippen LogP contribution in [0.1, 0.15) is 36.0 Å². The fraction of sp³-hybridized carbons (Fsp3) is 0.421. The molecule has 1 saturated carbocycles. The maximum Gasteiger partial charge on any atom is 0.251 e. The van der Waals surface area contributed by atoms with E-state index in [4.69, 9.17) is 0 Å². The van der Waals surface area contributed by atoms with Gasteiger partial charge in [-0.15, -0.1) is 12.4 Å². The van der Waals surface area contributed by atoms with Gasteiger partial charge in [-0.3, -0.25) is 4.79 Å². The van der Waals surface area contributed by atoms with Gasteiger partial charge in [-0.25, -0.2) is 18.2 Å². The van der Waals surface area contributed by atoms with E-state index in [0.717, 1.165) is 18.7 Å². The van der Waals surface area contributed by atoms with Gasteiger partial charge in [-0.2, -0.15) is 4.98 Å². The highest BCUT2D eigenvalue weighted by Gasteiger charge is 2.24. The fourth-order valence-electron chi connectivity index (χ4n) is 3.19. The molecule has 29 heavy (non-hydrogen) atoms. The van der Waals surface area contributed by atoms with Crippen molar-refractivity contribution in [1.82, 2.24) is 15.3 Å². The molecular formula is C19H23ClF3N5O. The van der Waals surface area contributed by atoms with E-state index < -0.39 is 23.4 Å². The lowest BCUT2D eigenvalue weighted by atomic mass is 9.91. The lowest BCUT2D eigenvalue weighted by Crippen LogP contribution is -2.40. The van der Waals surface area contributed by atoms with Crippen LogP contribution >= 0.6 is 12.4 Å². The predicted molar refractivity (Wildman–Crippen MR) is 107 cm³/mol. The molecule has 1 aliphatic carbocycles. The number of carbonyl (C=O) groups excluding carboxylic acids is 1. The molecule has 158 valence electrons. The van der Waals surface area contributed by atoms with Crippen LogP contribution in [0.25, 0.3) is 0 Å². The number of benzene rings is 1. The van der Waals surface area contributed by atoms with E-state index in [1.54, 1.807) is 6.20 Å². The van der Waals surface area contributed by atoms with Gasteiger partial charge < -0.3 is 15.5 Å². The largest absolute Gasteiger partial charge is 0.363 e. The van der Waals surface area contributed by atoms with Crippen LogP contribution in [0.15, 0.2) is 24.4 Å². The van der Waals surface area contributed by atoms with Gasteiger partial charge in [0.15, 0.2) is 17.5 Å². The Hall–Kier alpha value is -2.55. The van der Waals surface area contributed by atoms with Gasteiger partial charge >= 0.3 is 0 Å². The maximum atomic E-state index is 13.3. The Morgan fingerprint density at radius 3 is 2.24 bits per heavy atom. The molecule has 1 amide bonds. The summed E-state index contributed by atoms with van der Waals surface area (Å²) in [4.78, 5) is 22.7. The smallest absolute Gasteiger partial charge is 0.251 e. The number of rotatable bonds is 5. The van der Waals surface area contributed by atoms with Gasteiger partial charge in [0.1, 0.15) is 5.82 Å². The van der Waals surface area contributed by atoms with E-state index >= 15 is 0 Å². The second-order valence-corrected chi connectivity index (χ2v) is 7.05. The number of carbonyl (C=O) groups is 1. The first-order valence-electron chi connectivity index (χ1n) is 9.06. The zero-order valence-electron chi connectivity index (χ0n) is 16.1. The molecule has 0 unspecified atom stereocenters. The summed E-state index contributed by atoms with van der Waals surface area (Å²) in [6, 6.07) is 3.28. The van der Waals surface area contributed by atoms with Crippen LogP contribution in [0, 0.1) is 17.5 Å². The Morgan fingerprint density at radius 2 is 1.66 bits per heavy atom. The molecule has 0 radical (unpaired) electrons. The average molecular weight is 430 g/mol. The summed E-state index contributed by atoms with van der Waals surface area (Å²) in [5.41, 5.74) is -0.231. The van der Waals surface area contributed by atoms with E-state index in [2.05, 4.69) is 20.6 Å². The Bertz CT molecular complexity index is 836. The molecule has 1 fully saturated rings. The van der Waals surface area contributed by atoms with Crippen molar-refractivity contribution in [2.45, 2.75) is 37.8 Å². The molecule has 1 aliphatic rings. The average Bonchev–Trinajstić information content (AvgIpc) is 2.67. The molecule has 2 N–H and O–H groups in total. The van der Waals surface area contributed by atoms with Crippen LogP contribution in [-0.2, 0) is 0 Å². The van der Waals surface area contributed by atoms with Crippen LogP contribution in [0.2, 0.25) is 0 Å². The van der Waals surface area contributed by atoms with Crippen molar-refractivity contribution in [2.24, 2.45) is 0 Å². The van der Waals surface area contributed by atoms with Crippen LogP contribution in [0.5, 0.6) is 0 Å². The van der Waals surface area contributed by atoms with Crippen molar-refractivity contribution < 1.29 is 18.0 Å². The summed E-state index contributed by atoms with van der Waals surface area (Å²) in [6.45, 7) is 0. The van der Waals surface area contributed by atoms with E-state index in [1.807, 2.05) is 25.1 Å². The van der Waals surface area contributed by atoms with E-state index in [0.29, 0.717) is 30.9 Å². The van der Waals surface area contributed by atoms with Crippen molar-refractivity contribution >= 4 is 30.1 Å². The third kappa shape index (κ3) is 5.72. The molecule has 3 rings (SSSR count). The zero-order valence-corrected chi connectivity index (χ0v) is 16.9. The monoisotopic (exact) mass is 429 g/mol. The van der Waals surface area contributed by atoms with Crippen LogP contribution < -0.4 is 15.5 Å². The predicted octanol–water partition coefficient (Wildman–Crippen LogP) is 3.53. The molecule has 0 atom stereocenters. The lowest BCUT2D eigenvalue weighted by Gasteiger charge is -2.29. The first-order chi connectivity index (χ1) is 13.3. The Morgan fingerprint density at radius 1 is 1.07 bits per heavy atom. The third-order valence-corrected chi connectivity index (χ3v) is 4.74. The molecule has 10 heteroatoms. The van der Waals surface area contributed by atoms with Crippen LogP contribution in [0.4, 0.5) is 24.9 Å². The van der Waals surface area contributed by atoms with Gasteiger partial charge in [0, 0.05) is 37.9 Å². The van der Waals surface area contributed by atoms with E-state index in [9.17, 15) is 18.0 Å². The zero-order chi connectivity index (χ0) is 20.3. The maximum absolute atomic E-state index is 13.3. The lowest BCUT2D eigenvalue weighted by molar-refractivity contribution is 0.0925. The summed E-state index contributed by atoms with van der Waals surface area (Å²) >= 11 is 0. The molecule has 1 aromatic carbocycles. The number of halogens is 4. The Labute approximate surface area is 173 Å². The molecular weight excluding hydrogens is 407 g/mol. The summed E-state index contributed by atoms with van der Waals surface area (Å²) in [5, 5.41) is 6.06. The minimum absolute atomic E-state index is 0. The normalized spacial score (nSPS) is 18.5. The Kier molecular flexibility index (Phi) is 7.66. The molecule has 0 spiro atoms. The quantitative estimate of drug-likeness (QED) is 0.711. The highest BCUT2D eigenvalue weighted by molar-refractivity contribution is 5.94. The SMILES string of the molecule is CN(C)c1ccnc(NC2CCC(NC(=O)c3cc(F)c(F)c(F)c3)CC2)n1.Cl. The Balaban J connectivity index is 0.00000300. The number of anilines is 2. The van der Waals surface area contributed by atoms with Crippen LogP contribution in [-0.4, -0.2) is 42.1 Å². The second kappa shape index (κ2) is 9.78. The molecule has 0 bridgehead atoms. The summed E-state index contributed by atoms with van der Waals surface area (Å²) in [7, 11) is 3.80. The minimum Gasteiger partial charge on any atom is -0.363 e. The number of nitrogens with zero attached hydrogens (tertiary/aromatic N) is 3. The third-order valence-electron chi connectivity index (χ3n) is 4.74. The summed E-state index contributed by atoms with van der Waals surface area (Å²) < 4.78 is 39.6.